The van der Waals surface area contributed by atoms with Crippen LogP contribution < -0.4 is 10.5 Å². The summed E-state index contributed by atoms with van der Waals surface area (Å²) >= 11 is 0. The van der Waals surface area contributed by atoms with E-state index in [0.717, 1.165) is 28.9 Å². The molecule has 31 heavy (non-hydrogen) atoms. The molecule has 0 bridgehead atoms. The van der Waals surface area contributed by atoms with Crippen LogP contribution in [-0.2, 0) is 6.42 Å². The predicted octanol–water partition coefficient (Wildman–Crippen LogP) is 4.25. The first-order valence-electron chi connectivity index (χ1n) is 11.5. The van der Waals surface area contributed by atoms with Gasteiger partial charge in [0.2, 0.25) is 0 Å². The van der Waals surface area contributed by atoms with Crippen LogP contribution in [0.15, 0.2) is 36.4 Å². The molecule has 3 rings (SSSR count). The summed E-state index contributed by atoms with van der Waals surface area (Å²) in [4.78, 5) is 12.9. The van der Waals surface area contributed by atoms with Gasteiger partial charge < -0.3 is 20.7 Å². The third-order valence-corrected chi connectivity index (χ3v) is 6.16. The second kappa shape index (κ2) is 10.9. The lowest BCUT2D eigenvalue weighted by Gasteiger charge is -2.24. The molecule has 0 amide bonds. The molecule has 5 nitrogen and oxygen atoms in total. The van der Waals surface area contributed by atoms with Gasteiger partial charge in [0.15, 0.2) is 5.78 Å². The van der Waals surface area contributed by atoms with Crippen molar-refractivity contribution in [1.82, 2.24) is 0 Å². The summed E-state index contributed by atoms with van der Waals surface area (Å²) in [6.07, 6.45) is 8.38. The smallest absolute Gasteiger partial charge is 0.194 e. The van der Waals surface area contributed by atoms with Gasteiger partial charge in [-0.2, -0.15) is 0 Å². The number of rotatable bonds is 13. The summed E-state index contributed by atoms with van der Waals surface area (Å²) in [7, 11) is 0. The number of carbonyl (C=O) groups excluding carboxylic acids is 1. The van der Waals surface area contributed by atoms with Gasteiger partial charge in [0, 0.05) is 11.1 Å². The standard InChI is InChI=1S/C26H35NO4/c1-2-3-4-5-6-7-14-31-20-9-11-21-23-15-19(12-13-26(27,17-28)18-29)8-10-22(23)25(30)24(21)16-20/h8-11,15-16,28-29H,2-7,12-14,17-18,27H2,1H3. The maximum Gasteiger partial charge on any atom is 0.194 e. The Morgan fingerprint density at radius 3 is 2.32 bits per heavy atom. The van der Waals surface area contributed by atoms with Crippen molar-refractivity contribution in [3.63, 3.8) is 0 Å². The van der Waals surface area contributed by atoms with Gasteiger partial charge >= 0.3 is 0 Å². The maximum atomic E-state index is 12.9. The van der Waals surface area contributed by atoms with Crippen molar-refractivity contribution in [2.75, 3.05) is 19.8 Å². The van der Waals surface area contributed by atoms with Gasteiger partial charge in [0.25, 0.3) is 0 Å². The fourth-order valence-electron chi connectivity index (χ4n) is 4.02. The van der Waals surface area contributed by atoms with Gasteiger partial charge in [-0.25, -0.2) is 0 Å². The number of benzene rings is 2. The number of carbonyl (C=O) groups is 1. The maximum absolute atomic E-state index is 12.9. The van der Waals surface area contributed by atoms with Gasteiger partial charge in [-0.15, -0.1) is 0 Å². The normalized spacial score (nSPS) is 12.7. The van der Waals surface area contributed by atoms with Crippen LogP contribution in [0.2, 0.25) is 0 Å². The SMILES string of the molecule is CCCCCCCCOc1ccc2c(c1)C(=O)c1ccc(CCC(N)(CO)CO)cc1-2. The number of nitrogens with two attached hydrogens (primary N) is 1. The summed E-state index contributed by atoms with van der Waals surface area (Å²) in [5, 5.41) is 18.8. The number of ether oxygens (including phenoxy) is 1. The van der Waals surface area contributed by atoms with Crippen LogP contribution in [0, 0.1) is 0 Å². The highest BCUT2D eigenvalue weighted by molar-refractivity contribution is 6.21. The van der Waals surface area contributed by atoms with Crippen molar-refractivity contribution in [2.24, 2.45) is 5.73 Å². The molecule has 0 atom stereocenters. The third kappa shape index (κ3) is 5.73. The zero-order chi connectivity index (χ0) is 22.3. The number of hydrogen-bond acceptors (Lipinski definition) is 5. The largest absolute Gasteiger partial charge is 0.494 e. The van der Waals surface area contributed by atoms with Crippen LogP contribution >= 0.6 is 0 Å². The zero-order valence-electron chi connectivity index (χ0n) is 18.5. The second-order valence-corrected chi connectivity index (χ2v) is 8.71. The third-order valence-electron chi connectivity index (χ3n) is 6.16. The zero-order valence-corrected chi connectivity index (χ0v) is 18.5. The average molecular weight is 426 g/mol. The van der Waals surface area contributed by atoms with E-state index < -0.39 is 5.54 Å². The molecule has 0 radical (unpaired) electrons. The van der Waals surface area contributed by atoms with Crippen molar-refractivity contribution >= 4 is 5.78 Å². The molecule has 0 saturated carbocycles. The summed E-state index contributed by atoms with van der Waals surface area (Å²) < 4.78 is 5.90. The molecule has 0 heterocycles. The van der Waals surface area contributed by atoms with Crippen LogP contribution in [-0.4, -0.2) is 41.4 Å². The van der Waals surface area contributed by atoms with Crippen molar-refractivity contribution in [3.05, 3.63) is 53.1 Å². The quantitative estimate of drug-likeness (QED) is 0.356. The lowest BCUT2D eigenvalue weighted by molar-refractivity contribution is 0.104. The van der Waals surface area contributed by atoms with Crippen molar-refractivity contribution in [2.45, 2.75) is 63.8 Å². The van der Waals surface area contributed by atoms with Crippen LogP contribution in [0.1, 0.15) is 73.4 Å². The van der Waals surface area contributed by atoms with E-state index in [1.165, 1.54) is 32.1 Å². The minimum absolute atomic E-state index is 0.0282. The van der Waals surface area contributed by atoms with E-state index in [9.17, 15) is 15.0 Å². The number of aryl methyl sites for hydroxylation is 1. The molecule has 0 saturated heterocycles. The van der Waals surface area contributed by atoms with E-state index in [0.29, 0.717) is 30.6 Å². The van der Waals surface area contributed by atoms with Gasteiger partial charge in [-0.1, -0.05) is 57.2 Å². The fourth-order valence-corrected chi connectivity index (χ4v) is 4.02. The van der Waals surface area contributed by atoms with Crippen molar-refractivity contribution in [3.8, 4) is 16.9 Å². The Morgan fingerprint density at radius 2 is 1.58 bits per heavy atom. The summed E-state index contributed by atoms with van der Waals surface area (Å²) in [6, 6.07) is 11.6. The number of aliphatic hydroxyl groups excluding tert-OH is 2. The first kappa shape index (κ1) is 23.5. The van der Waals surface area contributed by atoms with Crippen LogP contribution in [0.25, 0.3) is 11.1 Å². The van der Waals surface area contributed by atoms with Crippen molar-refractivity contribution < 1.29 is 19.7 Å². The average Bonchev–Trinajstić information content (AvgIpc) is 3.08. The van der Waals surface area contributed by atoms with E-state index in [1.54, 1.807) is 0 Å². The van der Waals surface area contributed by atoms with E-state index >= 15 is 0 Å². The first-order valence-corrected chi connectivity index (χ1v) is 11.5. The minimum Gasteiger partial charge on any atom is -0.494 e. The predicted molar refractivity (Wildman–Crippen MR) is 124 cm³/mol. The molecule has 0 aliphatic heterocycles. The highest BCUT2D eigenvalue weighted by Crippen LogP contribution is 2.39. The highest BCUT2D eigenvalue weighted by atomic mass is 16.5. The molecule has 2 aromatic carbocycles. The number of fused-ring (bicyclic) bond motifs is 3. The molecule has 0 aromatic heterocycles. The molecule has 168 valence electrons. The van der Waals surface area contributed by atoms with E-state index in [-0.39, 0.29) is 19.0 Å². The van der Waals surface area contributed by atoms with E-state index in [4.69, 9.17) is 10.5 Å². The van der Waals surface area contributed by atoms with Crippen LogP contribution in [0.4, 0.5) is 0 Å². The Hall–Kier alpha value is -2.21. The number of hydrogen-bond donors (Lipinski definition) is 3. The van der Waals surface area contributed by atoms with Gasteiger partial charge in [-0.05, 0) is 54.2 Å². The number of aliphatic hydroxyl groups is 2. The molecule has 2 aromatic rings. The molecular formula is C26H35NO4. The summed E-state index contributed by atoms with van der Waals surface area (Å²) in [6.45, 7) is 2.36. The molecule has 1 aliphatic rings. The summed E-state index contributed by atoms with van der Waals surface area (Å²) in [5.74, 6) is 0.771. The van der Waals surface area contributed by atoms with Gasteiger partial charge in [0.1, 0.15) is 5.75 Å². The lowest BCUT2D eigenvalue weighted by atomic mass is 9.92. The van der Waals surface area contributed by atoms with E-state index in [1.807, 2.05) is 36.4 Å². The van der Waals surface area contributed by atoms with Crippen LogP contribution in [0.5, 0.6) is 5.75 Å². The molecule has 0 unspecified atom stereocenters. The summed E-state index contributed by atoms with van der Waals surface area (Å²) in [5.41, 5.74) is 9.27. The Kier molecular flexibility index (Phi) is 8.24. The van der Waals surface area contributed by atoms with Crippen molar-refractivity contribution in [1.29, 1.82) is 0 Å². The first-order chi connectivity index (χ1) is 15.0. The minimum atomic E-state index is -0.991. The molecule has 0 spiro atoms. The topological polar surface area (TPSA) is 92.8 Å². The monoisotopic (exact) mass is 425 g/mol. The molecule has 1 aliphatic carbocycles. The second-order valence-electron chi connectivity index (χ2n) is 8.71. The highest BCUT2D eigenvalue weighted by Gasteiger charge is 2.28. The Morgan fingerprint density at radius 1 is 0.871 bits per heavy atom. The lowest BCUT2D eigenvalue weighted by Crippen LogP contribution is -2.47. The Balaban J connectivity index is 1.63. The molecule has 0 fully saturated rings. The molecule has 5 heteroatoms. The number of ketones is 1. The molecular weight excluding hydrogens is 390 g/mol. The Labute approximate surface area is 185 Å². The number of unbranched alkanes of at least 4 members (excludes halogenated alkanes) is 5. The van der Waals surface area contributed by atoms with Gasteiger partial charge in [0.05, 0.1) is 25.4 Å². The Bertz CT molecular complexity index is 889. The molecule has 4 N–H and O–H groups in total. The van der Waals surface area contributed by atoms with Gasteiger partial charge in [-0.3, -0.25) is 4.79 Å². The van der Waals surface area contributed by atoms with E-state index in [2.05, 4.69) is 6.92 Å². The van der Waals surface area contributed by atoms with Crippen LogP contribution in [0.3, 0.4) is 0 Å². The fraction of sp³-hybridized carbons (Fsp3) is 0.500.